The Balaban J connectivity index is 1.63. The number of anilines is 2. The van der Waals surface area contributed by atoms with Gasteiger partial charge in [-0.05, 0) is 80.5 Å². The predicted octanol–water partition coefficient (Wildman–Crippen LogP) is 5.16. The number of amides is 1. The number of pyridine rings is 1. The summed E-state index contributed by atoms with van der Waals surface area (Å²) in [6, 6.07) is 12.1. The lowest BCUT2D eigenvalue weighted by Gasteiger charge is -2.33. The number of halogens is 1. The second-order valence-electron chi connectivity index (χ2n) is 8.99. The molecule has 0 aliphatic carbocycles. The van der Waals surface area contributed by atoms with Crippen molar-refractivity contribution in [3.63, 3.8) is 0 Å². The molecule has 35 heavy (non-hydrogen) atoms. The molecule has 0 unspecified atom stereocenters. The lowest BCUT2D eigenvalue weighted by molar-refractivity contribution is 0.0713. The minimum absolute atomic E-state index is 0.165. The molecule has 2 heterocycles. The molecule has 0 spiro atoms. The molecule has 0 bridgehead atoms. The second kappa shape index (κ2) is 9.75. The summed E-state index contributed by atoms with van der Waals surface area (Å²) < 4.78 is 46.7. The van der Waals surface area contributed by atoms with Crippen LogP contribution in [0.25, 0.3) is 0 Å². The molecule has 4 rings (SSSR count). The van der Waals surface area contributed by atoms with Gasteiger partial charge < -0.3 is 10.2 Å². The van der Waals surface area contributed by atoms with Crippen LogP contribution in [0, 0.1) is 26.6 Å². The van der Waals surface area contributed by atoms with E-state index in [0.717, 1.165) is 29.5 Å². The Morgan fingerprint density at radius 2 is 1.71 bits per heavy atom. The van der Waals surface area contributed by atoms with E-state index < -0.39 is 15.1 Å². The first-order valence-electron chi connectivity index (χ1n) is 11.4. The van der Waals surface area contributed by atoms with Gasteiger partial charge in [0.25, 0.3) is 5.91 Å². The van der Waals surface area contributed by atoms with E-state index in [1.165, 1.54) is 25.3 Å². The molecule has 1 saturated heterocycles. The molecule has 0 saturated carbocycles. The number of hydrogen-bond donors (Lipinski definition) is 2. The van der Waals surface area contributed by atoms with E-state index in [-0.39, 0.29) is 28.8 Å². The highest BCUT2D eigenvalue weighted by Gasteiger charge is 2.29. The molecule has 1 amide bonds. The smallest absolute Gasteiger partial charge is 0.312 e. The molecule has 0 radical (unpaired) electrons. The zero-order valence-corrected chi connectivity index (χ0v) is 20.7. The van der Waals surface area contributed by atoms with Crippen LogP contribution in [0.5, 0.6) is 0 Å². The zero-order chi connectivity index (χ0) is 25.3. The third-order valence-electron chi connectivity index (χ3n) is 6.65. The van der Waals surface area contributed by atoms with Crippen molar-refractivity contribution in [2.45, 2.75) is 44.6 Å². The van der Waals surface area contributed by atoms with Crippen molar-refractivity contribution in [3.05, 3.63) is 82.3 Å². The number of likely N-dealkylation sites (tertiary alicyclic amines) is 1. The predicted molar refractivity (Wildman–Crippen MR) is 132 cm³/mol. The van der Waals surface area contributed by atoms with Crippen LogP contribution in [0.1, 0.15) is 51.4 Å². The second-order valence-corrected chi connectivity index (χ2v) is 10.3. The first-order chi connectivity index (χ1) is 16.5. The molecule has 184 valence electrons. The highest BCUT2D eigenvalue weighted by molar-refractivity contribution is 7.85. The van der Waals surface area contributed by atoms with Gasteiger partial charge in [0.05, 0.1) is 11.3 Å². The number of carbonyl (C=O) groups excluding carboxylic acids is 1. The summed E-state index contributed by atoms with van der Waals surface area (Å²) in [7, 11) is -4.57. The molecule has 1 aromatic heterocycles. The van der Waals surface area contributed by atoms with Crippen LogP contribution in [0.2, 0.25) is 0 Å². The molecule has 2 aromatic carbocycles. The van der Waals surface area contributed by atoms with E-state index in [9.17, 15) is 22.2 Å². The molecule has 2 N–H and O–H groups in total. The van der Waals surface area contributed by atoms with Crippen LogP contribution >= 0.6 is 0 Å². The Morgan fingerprint density at radius 1 is 1.06 bits per heavy atom. The van der Waals surface area contributed by atoms with Gasteiger partial charge in [0.2, 0.25) is 0 Å². The minimum Gasteiger partial charge on any atom is -0.355 e. The number of nitrogens with one attached hydrogen (secondary N) is 1. The highest BCUT2D eigenvalue weighted by Crippen LogP contribution is 2.33. The van der Waals surface area contributed by atoms with Crippen molar-refractivity contribution < 1.29 is 22.2 Å². The fraction of sp³-hybridized carbons (Fsp3) is 0.308. The summed E-state index contributed by atoms with van der Waals surface area (Å²) in [6.07, 6.45) is 2.66. The fourth-order valence-electron chi connectivity index (χ4n) is 4.46. The van der Waals surface area contributed by atoms with Gasteiger partial charge in [-0.2, -0.15) is 8.42 Å². The van der Waals surface area contributed by atoms with E-state index in [2.05, 4.69) is 10.3 Å². The lowest BCUT2D eigenvalue weighted by atomic mass is 9.89. The summed E-state index contributed by atoms with van der Waals surface area (Å²) >= 11 is 0. The topological polar surface area (TPSA) is 99.6 Å². The Labute approximate surface area is 204 Å². The molecular formula is C26H28FN3O4S. The normalized spacial score (nSPS) is 14.7. The van der Waals surface area contributed by atoms with Crippen molar-refractivity contribution in [1.82, 2.24) is 9.88 Å². The van der Waals surface area contributed by atoms with E-state index >= 15 is 0 Å². The number of carbonyl (C=O) groups is 1. The van der Waals surface area contributed by atoms with Crippen LogP contribution in [0.4, 0.5) is 15.8 Å². The summed E-state index contributed by atoms with van der Waals surface area (Å²) in [5.41, 5.74) is 4.56. The number of piperidine rings is 1. The molecule has 1 aliphatic heterocycles. The first-order valence-corrected chi connectivity index (χ1v) is 12.8. The Hall–Kier alpha value is -3.30. The molecule has 1 fully saturated rings. The zero-order valence-electron chi connectivity index (χ0n) is 19.9. The van der Waals surface area contributed by atoms with Gasteiger partial charge in [-0.3, -0.25) is 9.35 Å². The number of rotatable bonds is 5. The average Bonchev–Trinajstić information content (AvgIpc) is 2.82. The van der Waals surface area contributed by atoms with Crippen molar-refractivity contribution in [3.8, 4) is 0 Å². The van der Waals surface area contributed by atoms with Crippen LogP contribution in [-0.2, 0) is 10.1 Å². The Bertz CT molecular complexity index is 1370. The maximum absolute atomic E-state index is 13.5. The van der Waals surface area contributed by atoms with Crippen molar-refractivity contribution in [2.24, 2.45) is 0 Å². The molecular weight excluding hydrogens is 469 g/mol. The van der Waals surface area contributed by atoms with Crippen LogP contribution in [-0.4, -0.2) is 41.9 Å². The largest absolute Gasteiger partial charge is 0.355 e. The summed E-state index contributed by atoms with van der Waals surface area (Å²) in [6.45, 7) is 6.46. The quantitative estimate of drug-likeness (QED) is 0.473. The highest BCUT2D eigenvalue weighted by atomic mass is 32.2. The third-order valence-corrected chi connectivity index (χ3v) is 7.55. The molecule has 7 nitrogen and oxygen atoms in total. The van der Waals surface area contributed by atoms with Crippen molar-refractivity contribution in [2.75, 3.05) is 18.4 Å². The van der Waals surface area contributed by atoms with Crippen LogP contribution < -0.4 is 5.32 Å². The molecule has 9 heteroatoms. The van der Waals surface area contributed by atoms with Gasteiger partial charge in [-0.1, -0.05) is 18.2 Å². The SMILES string of the molecule is Cc1ccc(Nc2c(C(=O)N3CCC(c4ccc(F)cc4)CC3)cnc(S(=O)(=O)O)c2C)cc1C. The minimum atomic E-state index is -4.57. The van der Waals surface area contributed by atoms with Gasteiger partial charge in [0.1, 0.15) is 5.82 Å². The number of nitrogens with zero attached hydrogens (tertiary/aromatic N) is 2. The van der Waals surface area contributed by atoms with Crippen LogP contribution in [0.15, 0.2) is 53.7 Å². The maximum Gasteiger partial charge on any atom is 0.312 e. The number of aromatic nitrogens is 1. The number of hydrogen-bond acceptors (Lipinski definition) is 5. The fourth-order valence-corrected chi connectivity index (χ4v) is 5.14. The molecule has 1 aliphatic rings. The van der Waals surface area contributed by atoms with E-state index in [0.29, 0.717) is 24.5 Å². The number of aryl methyl sites for hydroxylation is 2. The first kappa shape index (κ1) is 24.8. The Kier molecular flexibility index (Phi) is 6.91. The molecule has 0 atom stereocenters. The summed E-state index contributed by atoms with van der Waals surface area (Å²) in [5.74, 6) is -0.317. The number of benzene rings is 2. The van der Waals surface area contributed by atoms with Gasteiger partial charge >= 0.3 is 10.1 Å². The van der Waals surface area contributed by atoms with Gasteiger partial charge in [-0.15, -0.1) is 0 Å². The third kappa shape index (κ3) is 5.36. The van der Waals surface area contributed by atoms with E-state index in [4.69, 9.17) is 0 Å². The standard InChI is InChI=1S/C26H28FN3O4S/c1-16-4-9-22(14-17(16)2)29-24-18(3)25(35(32,33)34)28-15-23(24)26(31)30-12-10-20(11-13-30)19-5-7-21(27)8-6-19/h4-9,14-15,20H,10-13H2,1-3H3,(H,28,29)(H,32,33,34). The summed E-state index contributed by atoms with van der Waals surface area (Å²) in [4.78, 5) is 19.1. The van der Waals surface area contributed by atoms with E-state index in [1.807, 2.05) is 32.0 Å². The monoisotopic (exact) mass is 497 g/mol. The maximum atomic E-state index is 13.5. The Morgan fingerprint density at radius 3 is 2.31 bits per heavy atom. The van der Waals surface area contributed by atoms with Crippen molar-refractivity contribution in [1.29, 1.82) is 0 Å². The van der Waals surface area contributed by atoms with Gasteiger partial charge in [0.15, 0.2) is 5.03 Å². The summed E-state index contributed by atoms with van der Waals surface area (Å²) in [5, 5.41) is 2.69. The van der Waals surface area contributed by atoms with Gasteiger partial charge in [-0.25, -0.2) is 9.37 Å². The molecule has 3 aromatic rings. The van der Waals surface area contributed by atoms with Crippen LogP contribution in [0.3, 0.4) is 0 Å². The van der Waals surface area contributed by atoms with Gasteiger partial charge in [0, 0.05) is 30.5 Å². The van der Waals surface area contributed by atoms with Crippen molar-refractivity contribution >= 4 is 27.4 Å². The van der Waals surface area contributed by atoms with E-state index in [1.54, 1.807) is 17.0 Å². The lowest BCUT2D eigenvalue weighted by Crippen LogP contribution is -2.38. The average molecular weight is 498 g/mol.